The zero-order chi connectivity index (χ0) is 10.7. The van der Waals surface area contributed by atoms with Crippen molar-refractivity contribution in [2.24, 2.45) is 5.73 Å². The van der Waals surface area contributed by atoms with E-state index in [0.29, 0.717) is 0 Å². The fraction of sp³-hybridized carbons (Fsp3) is 0.182. The average Bonchev–Trinajstić information content (AvgIpc) is 2.71. The molecule has 0 radical (unpaired) electrons. The van der Waals surface area contributed by atoms with Gasteiger partial charge in [0.15, 0.2) is 0 Å². The Morgan fingerprint density at radius 1 is 1.40 bits per heavy atom. The Morgan fingerprint density at radius 3 is 2.87 bits per heavy atom. The van der Waals surface area contributed by atoms with E-state index in [-0.39, 0.29) is 6.04 Å². The standard InChI is InChI=1S/C11H12BrN3/c12-9-4-2-1-3-8(9)10(13)7-11-14-5-6-15-11/h1-6,10H,7,13H2,(H,14,15). The van der Waals surface area contributed by atoms with Crippen molar-refractivity contribution in [2.45, 2.75) is 12.5 Å². The molecule has 0 bridgehead atoms. The molecule has 0 aliphatic heterocycles. The predicted molar refractivity (Wildman–Crippen MR) is 63.4 cm³/mol. The first-order valence-corrected chi connectivity index (χ1v) is 5.55. The molecule has 1 unspecified atom stereocenters. The van der Waals surface area contributed by atoms with Gasteiger partial charge in [-0.3, -0.25) is 0 Å². The summed E-state index contributed by atoms with van der Waals surface area (Å²) in [6, 6.07) is 7.95. The van der Waals surface area contributed by atoms with Crippen LogP contribution in [0.5, 0.6) is 0 Å². The molecule has 3 N–H and O–H groups in total. The van der Waals surface area contributed by atoms with Gasteiger partial charge in [0.2, 0.25) is 0 Å². The third-order valence-corrected chi connectivity index (χ3v) is 2.99. The van der Waals surface area contributed by atoms with Gasteiger partial charge in [0.25, 0.3) is 0 Å². The van der Waals surface area contributed by atoms with Crippen molar-refractivity contribution in [3.63, 3.8) is 0 Å². The molecule has 0 amide bonds. The van der Waals surface area contributed by atoms with Gasteiger partial charge in [0, 0.05) is 29.3 Å². The molecule has 4 heteroatoms. The number of nitrogens with two attached hydrogens (primary N) is 1. The molecule has 0 saturated carbocycles. The van der Waals surface area contributed by atoms with Crippen molar-refractivity contribution in [2.75, 3.05) is 0 Å². The summed E-state index contributed by atoms with van der Waals surface area (Å²) in [6.45, 7) is 0. The van der Waals surface area contributed by atoms with E-state index in [0.717, 1.165) is 22.3 Å². The predicted octanol–water partition coefficient (Wildman–Crippen LogP) is 2.41. The first-order valence-electron chi connectivity index (χ1n) is 4.75. The van der Waals surface area contributed by atoms with Crippen LogP contribution in [0.15, 0.2) is 41.1 Å². The smallest absolute Gasteiger partial charge is 0.107 e. The van der Waals surface area contributed by atoms with Crippen molar-refractivity contribution in [3.05, 3.63) is 52.5 Å². The van der Waals surface area contributed by atoms with Crippen LogP contribution in [0.1, 0.15) is 17.4 Å². The van der Waals surface area contributed by atoms with Gasteiger partial charge in [-0.1, -0.05) is 34.1 Å². The third kappa shape index (κ3) is 2.46. The zero-order valence-corrected chi connectivity index (χ0v) is 9.74. The van der Waals surface area contributed by atoms with Crippen molar-refractivity contribution in [1.29, 1.82) is 0 Å². The van der Waals surface area contributed by atoms with Crippen LogP contribution in [0.4, 0.5) is 0 Å². The molecular formula is C11H12BrN3. The average molecular weight is 266 g/mol. The second kappa shape index (κ2) is 4.59. The highest BCUT2D eigenvalue weighted by Gasteiger charge is 2.10. The Hall–Kier alpha value is -1.13. The maximum absolute atomic E-state index is 6.10. The maximum atomic E-state index is 6.10. The van der Waals surface area contributed by atoms with Crippen LogP contribution in [0.3, 0.4) is 0 Å². The zero-order valence-electron chi connectivity index (χ0n) is 8.15. The Balaban J connectivity index is 2.15. The summed E-state index contributed by atoms with van der Waals surface area (Å²) in [5, 5.41) is 0. The lowest BCUT2D eigenvalue weighted by Crippen LogP contribution is -2.14. The molecule has 0 aliphatic rings. The summed E-state index contributed by atoms with van der Waals surface area (Å²) in [4.78, 5) is 7.21. The number of nitrogens with zero attached hydrogens (tertiary/aromatic N) is 1. The summed E-state index contributed by atoms with van der Waals surface area (Å²) in [5.74, 6) is 0.915. The summed E-state index contributed by atoms with van der Waals surface area (Å²) in [7, 11) is 0. The lowest BCUT2D eigenvalue weighted by Gasteiger charge is -2.12. The number of halogens is 1. The van der Waals surface area contributed by atoms with Gasteiger partial charge < -0.3 is 10.7 Å². The molecule has 3 nitrogen and oxygen atoms in total. The van der Waals surface area contributed by atoms with Gasteiger partial charge in [-0.05, 0) is 11.6 Å². The number of benzene rings is 1. The van der Waals surface area contributed by atoms with Crippen LogP contribution in [-0.4, -0.2) is 9.97 Å². The molecular weight excluding hydrogens is 254 g/mol. The monoisotopic (exact) mass is 265 g/mol. The minimum Gasteiger partial charge on any atom is -0.349 e. The second-order valence-electron chi connectivity index (χ2n) is 3.37. The number of aromatic amines is 1. The van der Waals surface area contributed by atoms with Gasteiger partial charge in [-0.2, -0.15) is 0 Å². The number of hydrogen-bond donors (Lipinski definition) is 2. The van der Waals surface area contributed by atoms with E-state index in [1.807, 2.05) is 30.5 Å². The lowest BCUT2D eigenvalue weighted by molar-refractivity contribution is 0.691. The highest BCUT2D eigenvalue weighted by molar-refractivity contribution is 9.10. The molecule has 0 fully saturated rings. The molecule has 0 saturated heterocycles. The molecule has 0 aliphatic carbocycles. The highest BCUT2D eigenvalue weighted by atomic mass is 79.9. The quantitative estimate of drug-likeness (QED) is 0.896. The van der Waals surface area contributed by atoms with Gasteiger partial charge >= 0.3 is 0 Å². The van der Waals surface area contributed by atoms with E-state index in [4.69, 9.17) is 5.73 Å². The molecule has 1 atom stereocenters. The SMILES string of the molecule is NC(Cc1ncc[nH]1)c1ccccc1Br. The fourth-order valence-corrected chi connectivity index (χ4v) is 2.08. The molecule has 15 heavy (non-hydrogen) atoms. The maximum Gasteiger partial charge on any atom is 0.107 e. The minimum atomic E-state index is -0.0354. The van der Waals surface area contributed by atoms with E-state index in [2.05, 4.69) is 25.9 Å². The summed E-state index contributed by atoms with van der Waals surface area (Å²) >= 11 is 3.49. The first kappa shape index (κ1) is 10.4. The normalized spacial score (nSPS) is 12.7. The van der Waals surface area contributed by atoms with Crippen LogP contribution >= 0.6 is 15.9 Å². The fourth-order valence-electron chi connectivity index (χ4n) is 1.50. The minimum absolute atomic E-state index is 0.0354. The van der Waals surface area contributed by atoms with Crippen LogP contribution in [-0.2, 0) is 6.42 Å². The van der Waals surface area contributed by atoms with Crippen molar-refractivity contribution >= 4 is 15.9 Å². The summed E-state index contributed by atoms with van der Waals surface area (Å²) in [5.41, 5.74) is 7.20. The highest BCUT2D eigenvalue weighted by Crippen LogP contribution is 2.23. The van der Waals surface area contributed by atoms with Crippen molar-refractivity contribution in [3.8, 4) is 0 Å². The number of aromatic nitrogens is 2. The number of H-pyrrole nitrogens is 1. The van der Waals surface area contributed by atoms with Crippen LogP contribution in [0, 0.1) is 0 Å². The molecule has 1 aromatic carbocycles. The van der Waals surface area contributed by atoms with Gasteiger partial charge in [-0.25, -0.2) is 4.98 Å². The van der Waals surface area contributed by atoms with Gasteiger partial charge in [0.05, 0.1) is 0 Å². The van der Waals surface area contributed by atoms with Crippen LogP contribution in [0.25, 0.3) is 0 Å². The van der Waals surface area contributed by atoms with E-state index >= 15 is 0 Å². The van der Waals surface area contributed by atoms with E-state index < -0.39 is 0 Å². The molecule has 2 rings (SSSR count). The van der Waals surface area contributed by atoms with Crippen LogP contribution in [0.2, 0.25) is 0 Å². The third-order valence-electron chi connectivity index (χ3n) is 2.27. The molecule has 0 spiro atoms. The first-order chi connectivity index (χ1) is 7.27. The lowest BCUT2D eigenvalue weighted by atomic mass is 10.0. The molecule has 1 aromatic heterocycles. The van der Waals surface area contributed by atoms with Crippen molar-refractivity contribution < 1.29 is 0 Å². The van der Waals surface area contributed by atoms with Gasteiger partial charge in [0.1, 0.15) is 5.82 Å². The number of hydrogen-bond acceptors (Lipinski definition) is 2. The Kier molecular flexibility index (Phi) is 3.18. The van der Waals surface area contributed by atoms with Crippen LogP contribution < -0.4 is 5.73 Å². The Labute approximate surface area is 96.9 Å². The molecule has 1 heterocycles. The molecule has 2 aromatic rings. The largest absolute Gasteiger partial charge is 0.349 e. The van der Waals surface area contributed by atoms with Crippen molar-refractivity contribution in [1.82, 2.24) is 9.97 Å². The topological polar surface area (TPSA) is 54.7 Å². The van der Waals surface area contributed by atoms with E-state index in [9.17, 15) is 0 Å². The summed E-state index contributed by atoms with van der Waals surface area (Å²) < 4.78 is 1.05. The summed E-state index contributed by atoms with van der Waals surface area (Å²) in [6.07, 6.45) is 4.26. The number of imidazole rings is 1. The number of rotatable bonds is 3. The van der Waals surface area contributed by atoms with E-state index in [1.165, 1.54) is 0 Å². The van der Waals surface area contributed by atoms with E-state index in [1.54, 1.807) is 6.20 Å². The molecule has 78 valence electrons. The number of nitrogens with one attached hydrogen (secondary N) is 1. The van der Waals surface area contributed by atoms with Gasteiger partial charge in [-0.15, -0.1) is 0 Å². The second-order valence-corrected chi connectivity index (χ2v) is 4.22. The Morgan fingerprint density at radius 2 is 2.20 bits per heavy atom. The Bertz CT molecular complexity index is 425.